The lowest BCUT2D eigenvalue weighted by atomic mass is 10.1. The average Bonchev–Trinajstić information content (AvgIpc) is 2.46. The minimum Gasteiger partial charge on any atom is -0.380 e. The number of hydrogen-bond donors (Lipinski definition) is 2. The fourth-order valence-corrected chi connectivity index (χ4v) is 1.79. The molecule has 0 spiro atoms. The minimum atomic E-state index is -0.0670. The van der Waals surface area contributed by atoms with E-state index in [2.05, 4.69) is 15.6 Å². The molecule has 0 saturated heterocycles. The maximum Gasteiger partial charge on any atom is 0.251 e. The molecule has 0 atom stereocenters. The molecular formula is C15H17N3O. The van der Waals surface area contributed by atoms with Gasteiger partial charge in [-0.25, -0.2) is 0 Å². The van der Waals surface area contributed by atoms with Crippen molar-refractivity contribution in [2.75, 3.05) is 12.4 Å². The van der Waals surface area contributed by atoms with Crippen LogP contribution in [0.5, 0.6) is 0 Å². The van der Waals surface area contributed by atoms with E-state index in [9.17, 15) is 4.79 Å². The number of nitrogens with zero attached hydrogens (tertiary/aromatic N) is 1. The van der Waals surface area contributed by atoms with Crippen LogP contribution in [0.3, 0.4) is 0 Å². The summed E-state index contributed by atoms with van der Waals surface area (Å²) in [5.74, 6) is -0.0670. The standard InChI is InChI=1S/C15H17N3O/c1-11-14(4-3-9-17-11)18-10-12-5-7-13(8-6-12)15(19)16-2/h3-9,18H,10H2,1-2H3,(H,16,19). The summed E-state index contributed by atoms with van der Waals surface area (Å²) in [6.45, 7) is 2.68. The number of carbonyl (C=O) groups is 1. The Kier molecular flexibility index (Phi) is 4.13. The molecule has 1 heterocycles. The van der Waals surface area contributed by atoms with Crippen molar-refractivity contribution in [3.8, 4) is 0 Å². The molecule has 2 N–H and O–H groups in total. The third kappa shape index (κ3) is 3.31. The molecule has 0 radical (unpaired) electrons. The number of amides is 1. The van der Waals surface area contributed by atoms with Crippen molar-refractivity contribution in [3.63, 3.8) is 0 Å². The molecule has 1 amide bonds. The topological polar surface area (TPSA) is 54.0 Å². The highest BCUT2D eigenvalue weighted by molar-refractivity contribution is 5.93. The molecule has 4 heteroatoms. The first-order valence-electron chi connectivity index (χ1n) is 6.17. The smallest absolute Gasteiger partial charge is 0.251 e. The number of carbonyl (C=O) groups excluding carboxylic acids is 1. The van der Waals surface area contributed by atoms with Crippen LogP contribution in [-0.4, -0.2) is 17.9 Å². The number of rotatable bonds is 4. The van der Waals surface area contributed by atoms with Crippen LogP contribution in [-0.2, 0) is 6.54 Å². The van der Waals surface area contributed by atoms with Crippen LogP contribution in [0.25, 0.3) is 0 Å². The van der Waals surface area contributed by atoms with Gasteiger partial charge in [0.05, 0.1) is 11.4 Å². The average molecular weight is 255 g/mol. The van der Waals surface area contributed by atoms with Crippen LogP contribution in [0, 0.1) is 6.92 Å². The number of hydrogen-bond acceptors (Lipinski definition) is 3. The largest absolute Gasteiger partial charge is 0.380 e. The zero-order valence-corrected chi connectivity index (χ0v) is 11.1. The number of aryl methyl sites for hydroxylation is 1. The first-order chi connectivity index (χ1) is 9.20. The van der Waals surface area contributed by atoms with Gasteiger partial charge in [-0.1, -0.05) is 12.1 Å². The SMILES string of the molecule is CNC(=O)c1ccc(CNc2cccnc2C)cc1. The van der Waals surface area contributed by atoms with Gasteiger partial charge in [0.15, 0.2) is 0 Å². The van der Waals surface area contributed by atoms with E-state index < -0.39 is 0 Å². The van der Waals surface area contributed by atoms with Crippen LogP contribution in [0.1, 0.15) is 21.6 Å². The van der Waals surface area contributed by atoms with Crippen LogP contribution >= 0.6 is 0 Å². The summed E-state index contributed by atoms with van der Waals surface area (Å²) in [4.78, 5) is 15.6. The minimum absolute atomic E-state index is 0.0670. The first kappa shape index (κ1) is 13.1. The number of anilines is 1. The van der Waals surface area contributed by atoms with Crippen LogP contribution in [0.15, 0.2) is 42.6 Å². The lowest BCUT2D eigenvalue weighted by Gasteiger charge is -2.09. The summed E-state index contributed by atoms with van der Waals surface area (Å²) >= 11 is 0. The van der Waals surface area contributed by atoms with Crippen LogP contribution < -0.4 is 10.6 Å². The predicted octanol–water partition coefficient (Wildman–Crippen LogP) is 2.36. The van der Waals surface area contributed by atoms with Crippen LogP contribution in [0.4, 0.5) is 5.69 Å². The van der Waals surface area contributed by atoms with Gasteiger partial charge in [-0.15, -0.1) is 0 Å². The summed E-state index contributed by atoms with van der Waals surface area (Å²) in [6.07, 6.45) is 1.78. The molecule has 0 aliphatic heterocycles. The number of nitrogens with one attached hydrogen (secondary N) is 2. The van der Waals surface area contributed by atoms with Crippen molar-refractivity contribution in [1.29, 1.82) is 0 Å². The summed E-state index contributed by atoms with van der Waals surface area (Å²) in [5.41, 5.74) is 3.79. The molecule has 4 nitrogen and oxygen atoms in total. The molecule has 0 bridgehead atoms. The molecule has 0 unspecified atom stereocenters. The third-order valence-corrected chi connectivity index (χ3v) is 2.93. The van der Waals surface area contributed by atoms with E-state index in [1.165, 1.54) is 0 Å². The number of benzene rings is 1. The monoisotopic (exact) mass is 255 g/mol. The molecule has 0 saturated carbocycles. The predicted molar refractivity (Wildman–Crippen MR) is 76.1 cm³/mol. The van der Waals surface area contributed by atoms with Crippen molar-refractivity contribution in [2.24, 2.45) is 0 Å². The fraction of sp³-hybridized carbons (Fsp3) is 0.200. The molecule has 0 fully saturated rings. The van der Waals surface area contributed by atoms with Crippen LogP contribution in [0.2, 0.25) is 0 Å². The third-order valence-electron chi connectivity index (χ3n) is 2.93. The lowest BCUT2D eigenvalue weighted by Crippen LogP contribution is -2.17. The van der Waals surface area contributed by atoms with E-state index >= 15 is 0 Å². The second-order valence-corrected chi connectivity index (χ2v) is 4.27. The van der Waals surface area contributed by atoms with Gasteiger partial charge in [0.1, 0.15) is 0 Å². The highest BCUT2D eigenvalue weighted by Crippen LogP contribution is 2.12. The fourth-order valence-electron chi connectivity index (χ4n) is 1.79. The molecule has 2 rings (SSSR count). The zero-order chi connectivity index (χ0) is 13.7. The Morgan fingerprint density at radius 2 is 1.95 bits per heavy atom. The Hall–Kier alpha value is -2.36. The van der Waals surface area contributed by atoms with Crippen molar-refractivity contribution in [2.45, 2.75) is 13.5 Å². The summed E-state index contributed by atoms with van der Waals surface area (Å²) in [7, 11) is 1.63. The van der Waals surface area contributed by atoms with E-state index in [-0.39, 0.29) is 5.91 Å². The lowest BCUT2D eigenvalue weighted by molar-refractivity contribution is 0.0963. The Bertz CT molecular complexity index is 564. The molecule has 0 aliphatic rings. The van der Waals surface area contributed by atoms with E-state index in [0.717, 1.165) is 16.9 Å². The van der Waals surface area contributed by atoms with Gasteiger partial charge < -0.3 is 10.6 Å². The van der Waals surface area contributed by atoms with Crippen molar-refractivity contribution >= 4 is 11.6 Å². The maximum absolute atomic E-state index is 11.4. The van der Waals surface area contributed by atoms with Gasteiger partial charge in [-0.2, -0.15) is 0 Å². The first-order valence-corrected chi connectivity index (χ1v) is 6.17. The Labute approximate surface area is 112 Å². The van der Waals surface area contributed by atoms with Crippen molar-refractivity contribution in [1.82, 2.24) is 10.3 Å². The van der Waals surface area contributed by atoms with E-state index in [4.69, 9.17) is 0 Å². The van der Waals surface area contributed by atoms with Gasteiger partial charge in [0, 0.05) is 25.4 Å². The van der Waals surface area contributed by atoms with Gasteiger partial charge in [-0.3, -0.25) is 9.78 Å². The Balaban J connectivity index is 2.01. The van der Waals surface area contributed by atoms with Crippen molar-refractivity contribution in [3.05, 3.63) is 59.4 Å². The number of pyridine rings is 1. The van der Waals surface area contributed by atoms with Crippen molar-refractivity contribution < 1.29 is 4.79 Å². The van der Waals surface area contributed by atoms with Gasteiger partial charge in [0.25, 0.3) is 5.91 Å². The second-order valence-electron chi connectivity index (χ2n) is 4.27. The highest BCUT2D eigenvalue weighted by atomic mass is 16.1. The molecule has 2 aromatic rings. The molecule has 19 heavy (non-hydrogen) atoms. The number of aromatic nitrogens is 1. The van der Waals surface area contributed by atoms with Gasteiger partial charge in [-0.05, 0) is 36.8 Å². The molecule has 1 aromatic heterocycles. The quantitative estimate of drug-likeness (QED) is 0.881. The summed E-state index contributed by atoms with van der Waals surface area (Å²) < 4.78 is 0. The van der Waals surface area contributed by atoms with E-state index in [1.54, 1.807) is 13.2 Å². The normalized spacial score (nSPS) is 10.0. The molecule has 0 aliphatic carbocycles. The Morgan fingerprint density at radius 1 is 1.21 bits per heavy atom. The summed E-state index contributed by atoms with van der Waals surface area (Å²) in [6, 6.07) is 11.5. The molecule has 98 valence electrons. The zero-order valence-electron chi connectivity index (χ0n) is 11.1. The molecular weight excluding hydrogens is 238 g/mol. The second kappa shape index (κ2) is 6.00. The van der Waals surface area contributed by atoms with E-state index in [1.807, 2.05) is 43.3 Å². The van der Waals surface area contributed by atoms with Gasteiger partial charge >= 0.3 is 0 Å². The van der Waals surface area contributed by atoms with Gasteiger partial charge in [0.2, 0.25) is 0 Å². The van der Waals surface area contributed by atoms with E-state index in [0.29, 0.717) is 12.1 Å². The highest BCUT2D eigenvalue weighted by Gasteiger charge is 2.02. The summed E-state index contributed by atoms with van der Waals surface area (Å²) in [5, 5.41) is 5.93. The molecule has 1 aromatic carbocycles. The maximum atomic E-state index is 11.4. The Morgan fingerprint density at radius 3 is 2.58 bits per heavy atom.